The smallest absolute Gasteiger partial charge is 0.239 e. The minimum absolute atomic E-state index is 0.00344. The minimum atomic E-state index is -0.00856. The summed E-state index contributed by atoms with van der Waals surface area (Å²) in [7, 11) is 0. The Morgan fingerprint density at radius 3 is 2.64 bits per heavy atom. The van der Waals surface area contributed by atoms with Crippen molar-refractivity contribution in [1.82, 2.24) is 15.5 Å². The summed E-state index contributed by atoms with van der Waals surface area (Å²) in [5, 5.41) is 6.92. The SMILES string of the molecule is Cc1ccc(CNC(=O)CN2C(=S)NC(C)(C)CC2C)cc1. The van der Waals surface area contributed by atoms with Gasteiger partial charge in [0.2, 0.25) is 5.91 Å². The van der Waals surface area contributed by atoms with E-state index in [1.54, 1.807) is 0 Å². The summed E-state index contributed by atoms with van der Waals surface area (Å²) in [6.45, 7) is 9.27. The largest absolute Gasteiger partial charge is 0.358 e. The lowest BCUT2D eigenvalue weighted by atomic mass is 9.93. The lowest BCUT2D eigenvalue weighted by Crippen LogP contribution is -2.61. The molecule has 2 N–H and O–H groups in total. The molecule has 1 saturated heterocycles. The first-order chi connectivity index (χ1) is 10.3. The van der Waals surface area contributed by atoms with Gasteiger partial charge in [0.05, 0.1) is 6.54 Å². The maximum Gasteiger partial charge on any atom is 0.239 e. The molecule has 1 fully saturated rings. The first-order valence-electron chi connectivity index (χ1n) is 7.68. The fourth-order valence-electron chi connectivity index (χ4n) is 2.81. The molecule has 22 heavy (non-hydrogen) atoms. The van der Waals surface area contributed by atoms with Gasteiger partial charge < -0.3 is 15.5 Å². The number of thiocarbonyl (C=S) groups is 1. The van der Waals surface area contributed by atoms with E-state index in [1.807, 2.05) is 17.0 Å². The second-order valence-electron chi connectivity index (χ2n) is 6.76. The lowest BCUT2D eigenvalue weighted by molar-refractivity contribution is -0.122. The van der Waals surface area contributed by atoms with Crippen molar-refractivity contribution in [2.24, 2.45) is 0 Å². The Kier molecular flexibility index (Phi) is 5.06. The highest BCUT2D eigenvalue weighted by atomic mass is 32.1. The monoisotopic (exact) mass is 319 g/mol. The van der Waals surface area contributed by atoms with Crippen molar-refractivity contribution in [1.29, 1.82) is 0 Å². The van der Waals surface area contributed by atoms with Gasteiger partial charge in [0.15, 0.2) is 5.11 Å². The molecule has 1 aromatic carbocycles. The summed E-state index contributed by atoms with van der Waals surface area (Å²) < 4.78 is 0. The molecule has 1 unspecified atom stereocenters. The molecule has 1 heterocycles. The van der Waals surface area contributed by atoms with Crippen molar-refractivity contribution in [2.75, 3.05) is 6.54 Å². The lowest BCUT2D eigenvalue weighted by Gasteiger charge is -2.44. The summed E-state index contributed by atoms with van der Waals surface area (Å²) in [4.78, 5) is 14.1. The van der Waals surface area contributed by atoms with E-state index >= 15 is 0 Å². The first-order valence-corrected chi connectivity index (χ1v) is 8.09. The highest BCUT2D eigenvalue weighted by Gasteiger charge is 2.33. The van der Waals surface area contributed by atoms with E-state index in [2.05, 4.69) is 50.5 Å². The number of hydrogen-bond acceptors (Lipinski definition) is 2. The Hall–Kier alpha value is -1.62. The van der Waals surface area contributed by atoms with Crippen LogP contribution < -0.4 is 10.6 Å². The van der Waals surface area contributed by atoms with Crippen molar-refractivity contribution in [3.63, 3.8) is 0 Å². The van der Waals surface area contributed by atoms with Crippen molar-refractivity contribution in [3.8, 4) is 0 Å². The van der Waals surface area contributed by atoms with E-state index in [-0.39, 0.29) is 17.5 Å². The van der Waals surface area contributed by atoms with Crippen LogP contribution in [0.25, 0.3) is 0 Å². The number of carbonyl (C=O) groups is 1. The summed E-state index contributed by atoms with van der Waals surface area (Å²) in [6.07, 6.45) is 0.957. The Bertz CT molecular complexity index is 554. The normalized spacial score (nSPS) is 20.5. The maximum absolute atomic E-state index is 12.2. The molecule has 0 saturated carbocycles. The Balaban J connectivity index is 1.86. The van der Waals surface area contributed by atoms with Gasteiger partial charge in [0.25, 0.3) is 0 Å². The van der Waals surface area contributed by atoms with Crippen LogP contribution in [0.3, 0.4) is 0 Å². The average Bonchev–Trinajstić information content (AvgIpc) is 2.41. The van der Waals surface area contributed by atoms with Gasteiger partial charge >= 0.3 is 0 Å². The number of nitrogens with one attached hydrogen (secondary N) is 2. The number of nitrogens with zero attached hydrogens (tertiary/aromatic N) is 1. The van der Waals surface area contributed by atoms with Crippen LogP contribution in [-0.4, -0.2) is 34.0 Å². The summed E-state index contributed by atoms with van der Waals surface area (Å²) in [5.74, 6) is -0.00344. The third kappa shape index (κ3) is 4.44. The standard InChI is InChI=1S/C17H25N3OS/c1-12-5-7-14(8-6-12)10-18-15(21)11-20-13(2)9-17(3,4)19-16(20)22/h5-8,13H,9-11H2,1-4H3,(H,18,21)(H,19,22). The van der Waals surface area contributed by atoms with Crippen LogP contribution in [0, 0.1) is 6.92 Å². The highest BCUT2D eigenvalue weighted by Crippen LogP contribution is 2.21. The molecule has 0 bridgehead atoms. The van der Waals surface area contributed by atoms with Crippen molar-refractivity contribution < 1.29 is 4.79 Å². The second-order valence-corrected chi connectivity index (χ2v) is 7.14. The van der Waals surface area contributed by atoms with Crippen LogP contribution >= 0.6 is 12.2 Å². The topological polar surface area (TPSA) is 44.4 Å². The van der Waals surface area contributed by atoms with E-state index < -0.39 is 0 Å². The maximum atomic E-state index is 12.2. The predicted molar refractivity (Wildman–Crippen MR) is 93.6 cm³/mol. The van der Waals surface area contributed by atoms with E-state index in [4.69, 9.17) is 12.2 Å². The number of amides is 1. The van der Waals surface area contributed by atoms with Crippen LogP contribution in [0.4, 0.5) is 0 Å². The number of rotatable bonds is 4. The molecule has 1 aliphatic heterocycles. The van der Waals surface area contributed by atoms with Gasteiger partial charge in [0, 0.05) is 18.1 Å². The zero-order chi connectivity index (χ0) is 16.3. The minimum Gasteiger partial charge on any atom is -0.358 e. The van der Waals surface area contributed by atoms with Gasteiger partial charge in [-0.25, -0.2) is 0 Å². The third-order valence-corrected chi connectivity index (χ3v) is 4.30. The Labute approximate surface area is 138 Å². The van der Waals surface area contributed by atoms with Crippen molar-refractivity contribution in [3.05, 3.63) is 35.4 Å². The second kappa shape index (κ2) is 6.65. The predicted octanol–water partition coefficient (Wildman–Crippen LogP) is 2.36. The quantitative estimate of drug-likeness (QED) is 0.836. The number of aryl methyl sites for hydroxylation is 1. The molecule has 1 aromatic rings. The number of benzene rings is 1. The highest BCUT2D eigenvalue weighted by molar-refractivity contribution is 7.80. The summed E-state index contributed by atoms with van der Waals surface area (Å²) in [6, 6.07) is 8.43. The molecule has 4 nitrogen and oxygen atoms in total. The molecule has 1 amide bonds. The van der Waals surface area contributed by atoms with Crippen molar-refractivity contribution >= 4 is 23.2 Å². The molecule has 2 rings (SSSR count). The fourth-order valence-corrected chi connectivity index (χ4v) is 3.33. The van der Waals surface area contributed by atoms with E-state index in [0.29, 0.717) is 18.2 Å². The van der Waals surface area contributed by atoms with Crippen LogP contribution in [0.1, 0.15) is 38.3 Å². The summed E-state index contributed by atoms with van der Waals surface area (Å²) in [5.41, 5.74) is 2.31. The molecule has 120 valence electrons. The summed E-state index contributed by atoms with van der Waals surface area (Å²) >= 11 is 5.40. The van der Waals surface area contributed by atoms with Gasteiger partial charge in [-0.2, -0.15) is 0 Å². The van der Waals surface area contributed by atoms with Crippen LogP contribution in [0.15, 0.2) is 24.3 Å². The first kappa shape index (κ1) is 16.7. The number of carbonyl (C=O) groups excluding carboxylic acids is 1. The average molecular weight is 319 g/mol. The Morgan fingerprint density at radius 1 is 1.41 bits per heavy atom. The van der Waals surface area contributed by atoms with E-state index in [0.717, 1.165) is 12.0 Å². The fraction of sp³-hybridized carbons (Fsp3) is 0.529. The molecule has 0 aliphatic carbocycles. The molecule has 1 atom stereocenters. The van der Waals surface area contributed by atoms with Gasteiger partial charge in [-0.15, -0.1) is 0 Å². The molecule has 0 spiro atoms. The van der Waals surface area contributed by atoms with Crippen LogP contribution in [0.2, 0.25) is 0 Å². The van der Waals surface area contributed by atoms with Crippen molar-refractivity contribution in [2.45, 2.75) is 52.2 Å². The number of hydrogen-bond donors (Lipinski definition) is 2. The molecule has 1 aliphatic rings. The van der Waals surface area contributed by atoms with Crippen LogP contribution in [0.5, 0.6) is 0 Å². The van der Waals surface area contributed by atoms with E-state index in [9.17, 15) is 4.79 Å². The zero-order valence-electron chi connectivity index (χ0n) is 13.8. The zero-order valence-corrected chi connectivity index (χ0v) is 14.6. The van der Waals surface area contributed by atoms with E-state index in [1.165, 1.54) is 5.56 Å². The molecular formula is C17H25N3OS. The molecule has 5 heteroatoms. The molecule has 0 radical (unpaired) electrons. The van der Waals surface area contributed by atoms with Gasteiger partial charge in [-0.3, -0.25) is 4.79 Å². The van der Waals surface area contributed by atoms with Gasteiger partial charge in [-0.1, -0.05) is 29.8 Å². The van der Waals surface area contributed by atoms with Crippen LogP contribution in [-0.2, 0) is 11.3 Å². The third-order valence-electron chi connectivity index (χ3n) is 3.97. The Morgan fingerprint density at radius 2 is 2.05 bits per heavy atom. The van der Waals surface area contributed by atoms with Gasteiger partial charge in [-0.05, 0) is 51.9 Å². The molecular weight excluding hydrogens is 294 g/mol. The molecule has 0 aromatic heterocycles. The van der Waals surface area contributed by atoms with Gasteiger partial charge in [0.1, 0.15) is 0 Å².